The molecule has 0 saturated heterocycles. The number of phenolic OH excluding ortho intramolecular Hbond substituents is 1. The number of imidazole rings is 1. The number of phenols is 1. The standard InChI is InChI=1S/C20H18N2O3S/c1-4-25-17-9-13(5-6-16(17)23)10-18-19(24)22-15-8-12(3)11(2)7-14(15)21-20(22)26-18/h5-10,23H,4H2,1-3H3/b18-10+. The van der Waals surface area contributed by atoms with Crippen LogP contribution >= 0.6 is 11.3 Å². The van der Waals surface area contributed by atoms with Gasteiger partial charge in [-0.25, -0.2) is 9.38 Å². The van der Waals surface area contributed by atoms with E-state index in [1.165, 1.54) is 11.3 Å². The number of ether oxygens (including phenoxy) is 1. The summed E-state index contributed by atoms with van der Waals surface area (Å²) in [5.74, 6) is 0.496. The van der Waals surface area contributed by atoms with Crippen LogP contribution in [-0.2, 0) is 0 Å². The molecule has 26 heavy (non-hydrogen) atoms. The molecule has 4 rings (SSSR count). The molecule has 0 unspecified atom stereocenters. The van der Waals surface area contributed by atoms with E-state index in [2.05, 4.69) is 4.98 Å². The number of aryl methyl sites for hydroxylation is 2. The number of thiazole rings is 1. The molecule has 132 valence electrons. The van der Waals surface area contributed by atoms with Crippen molar-refractivity contribution in [3.05, 3.63) is 61.9 Å². The average molecular weight is 366 g/mol. The number of hydrogen-bond donors (Lipinski definition) is 1. The van der Waals surface area contributed by atoms with Crippen LogP contribution in [0.2, 0.25) is 0 Å². The number of fused-ring (bicyclic) bond motifs is 3. The highest BCUT2D eigenvalue weighted by molar-refractivity contribution is 7.15. The molecule has 0 aliphatic carbocycles. The van der Waals surface area contributed by atoms with Crippen molar-refractivity contribution in [2.45, 2.75) is 20.8 Å². The molecule has 0 radical (unpaired) electrons. The Labute approximate surface area is 153 Å². The van der Waals surface area contributed by atoms with Gasteiger partial charge in [-0.2, -0.15) is 0 Å². The van der Waals surface area contributed by atoms with Gasteiger partial charge >= 0.3 is 0 Å². The molecule has 4 aromatic rings. The van der Waals surface area contributed by atoms with E-state index in [0.29, 0.717) is 21.8 Å². The molecular formula is C20H18N2O3S. The summed E-state index contributed by atoms with van der Waals surface area (Å²) in [6.45, 7) is 6.39. The number of rotatable bonds is 3. The predicted octanol–water partition coefficient (Wildman–Crippen LogP) is 3.18. The summed E-state index contributed by atoms with van der Waals surface area (Å²) in [5.41, 5.74) is 4.69. The summed E-state index contributed by atoms with van der Waals surface area (Å²) >= 11 is 1.36. The minimum Gasteiger partial charge on any atom is -0.504 e. The molecule has 0 fully saturated rings. The Morgan fingerprint density at radius 3 is 2.77 bits per heavy atom. The Morgan fingerprint density at radius 2 is 2.00 bits per heavy atom. The first-order chi connectivity index (χ1) is 12.5. The van der Waals surface area contributed by atoms with E-state index >= 15 is 0 Å². The third-order valence-corrected chi connectivity index (χ3v) is 5.40. The minimum atomic E-state index is -0.0817. The average Bonchev–Trinajstić information content (AvgIpc) is 3.08. The Hall–Kier alpha value is -2.86. The van der Waals surface area contributed by atoms with Gasteiger partial charge in [-0.1, -0.05) is 17.4 Å². The van der Waals surface area contributed by atoms with E-state index in [-0.39, 0.29) is 11.3 Å². The summed E-state index contributed by atoms with van der Waals surface area (Å²) < 4.78 is 7.68. The van der Waals surface area contributed by atoms with Gasteiger partial charge in [-0.05, 0) is 67.8 Å². The number of hydrogen-bond acceptors (Lipinski definition) is 5. The first-order valence-corrected chi connectivity index (χ1v) is 9.19. The molecule has 0 aliphatic rings. The van der Waals surface area contributed by atoms with Gasteiger partial charge in [0.25, 0.3) is 5.56 Å². The molecule has 2 aromatic heterocycles. The molecule has 0 atom stereocenters. The molecule has 6 heteroatoms. The summed E-state index contributed by atoms with van der Waals surface area (Å²) in [6, 6.07) is 9.08. The molecule has 0 aliphatic heterocycles. The maximum absolute atomic E-state index is 12.9. The van der Waals surface area contributed by atoms with E-state index in [1.807, 2.05) is 32.9 Å². The van der Waals surface area contributed by atoms with Crippen molar-refractivity contribution < 1.29 is 9.84 Å². The summed E-state index contributed by atoms with van der Waals surface area (Å²) in [4.78, 5) is 18.2. The van der Waals surface area contributed by atoms with Crippen LogP contribution in [0.25, 0.3) is 22.1 Å². The van der Waals surface area contributed by atoms with E-state index in [0.717, 1.165) is 27.7 Å². The highest BCUT2D eigenvalue weighted by Gasteiger charge is 2.12. The fourth-order valence-electron chi connectivity index (χ4n) is 2.96. The minimum absolute atomic E-state index is 0.0817. The van der Waals surface area contributed by atoms with E-state index in [9.17, 15) is 9.90 Å². The number of benzene rings is 2. The van der Waals surface area contributed by atoms with Crippen LogP contribution in [0.4, 0.5) is 0 Å². The third-order valence-electron chi connectivity index (χ3n) is 4.44. The second-order valence-corrected chi connectivity index (χ2v) is 7.24. The number of nitrogens with zero attached hydrogens (tertiary/aromatic N) is 2. The summed E-state index contributed by atoms with van der Waals surface area (Å²) in [7, 11) is 0. The van der Waals surface area contributed by atoms with Crippen molar-refractivity contribution in [1.29, 1.82) is 0 Å². The fraction of sp³-hybridized carbons (Fsp3) is 0.200. The highest BCUT2D eigenvalue weighted by atomic mass is 32.1. The van der Waals surface area contributed by atoms with Gasteiger partial charge in [-0.3, -0.25) is 4.79 Å². The van der Waals surface area contributed by atoms with Crippen molar-refractivity contribution in [1.82, 2.24) is 9.38 Å². The first-order valence-electron chi connectivity index (χ1n) is 8.37. The second-order valence-electron chi connectivity index (χ2n) is 6.23. The largest absolute Gasteiger partial charge is 0.504 e. The van der Waals surface area contributed by atoms with Gasteiger partial charge in [0.1, 0.15) is 0 Å². The quantitative estimate of drug-likeness (QED) is 0.605. The van der Waals surface area contributed by atoms with Crippen molar-refractivity contribution in [3.63, 3.8) is 0 Å². The Kier molecular flexibility index (Phi) is 3.92. The van der Waals surface area contributed by atoms with Crippen molar-refractivity contribution in [2.24, 2.45) is 0 Å². The SMILES string of the molecule is CCOc1cc(/C=c2/sc3nc4cc(C)c(C)cc4n3c2=O)ccc1O. The third kappa shape index (κ3) is 2.63. The smallest absolute Gasteiger partial charge is 0.274 e. The molecule has 0 bridgehead atoms. The molecule has 2 heterocycles. The zero-order valence-corrected chi connectivity index (χ0v) is 15.6. The molecule has 2 aromatic carbocycles. The van der Waals surface area contributed by atoms with E-state index < -0.39 is 0 Å². The van der Waals surface area contributed by atoms with Crippen LogP contribution in [0.15, 0.2) is 35.1 Å². The van der Waals surface area contributed by atoms with Crippen molar-refractivity contribution >= 4 is 33.4 Å². The lowest BCUT2D eigenvalue weighted by molar-refractivity contribution is 0.318. The van der Waals surface area contributed by atoms with Crippen LogP contribution < -0.4 is 14.8 Å². The van der Waals surface area contributed by atoms with Gasteiger partial charge < -0.3 is 9.84 Å². The highest BCUT2D eigenvalue weighted by Crippen LogP contribution is 2.27. The fourth-order valence-corrected chi connectivity index (χ4v) is 3.95. The van der Waals surface area contributed by atoms with Gasteiger partial charge in [0.05, 0.1) is 22.2 Å². The lowest BCUT2D eigenvalue weighted by atomic mass is 10.1. The molecule has 5 nitrogen and oxygen atoms in total. The molecule has 0 saturated carbocycles. The molecule has 0 spiro atoms. The number of aromatic hydroxyl groups is 1. The normalized spacial score (nSPS) is 12.3. The predicted molar refractivity (Wildman–Crippen MR) is 104 cm³/mol. The first kappa shape index (κ1) is 16.6. The van der Waals surface area contributed by atoms with Crippen LogP contribution in [0.1, 0.15) is 23.6 Å². The Balaban J connectivity index is 1.91. The maximum atomic E-state index is 12.9. The van der Waals surface area contributed by atoms with Crippen LogP contribution in [0.5, 0.6) is 11.5 Å². The lowest BCUT2D eigenvalue weighted by Crippen LogP contribution is -2.22. The van der Waals surface area contributed by atoms with Crippen LogP contribution in [0, 0.1) is 13.8 Å². The maximum Gasteiger partial charge on any atom is 0.274 e. The van der Waals surface area contributed by atoms with Gasteiger partial charge in [0.15, 0.2) is 16.5 Å². The van der Waals surface area contributed by atoms with Gasteiger partial charge in [0.2, 0.25) is 0 Å². The summed E-state index contributed by atoms with van der Waals surface area (Å²) in [5, 5.41) is 9.82. The zero-order valence-electron chi connectivity index (χ0n) is 14.7. The zero-order chi connectivity index (χ0) is 18.4. The summed E-state index contributed by atoms with van der Waals surface area (Å²) in [6.07, 6.45) is 1.80. The molecule has 1 N–H and O–H groups in total. The molecule has 0 amide bonds. The van der Waals surface area contributed by atoms with E-state index in [4.69, 9.17) is 4.74 Å². The van der Waals surface area contributed by atoms with Crippen molar-refractivity contribution in [3.8, 4) is 11.5 Å². The lowest BCUT2D eigenvalue weighted by Gasteiger charge is -2.05. The second kappa shape index (κ2) is 6.14. The Bertz CT molecular complexity index is 1250. The van der Waals surface area contributed by atoms with Crippen LogP contribution in [0.3, 0.4) is 0 Å². The van der Waals surface area contributed by atoms with Gasteiger partial charge in [-0.15, -0.1) is 0 Å². The van der Waals surface area contributed by atoms with Crippen molar-refractivity contribution in [2.75, 3.05) is 6.61 Å². The number of aromatic nitrogens is 2. The topological polar surface area (TPSA) is 63.8 Å². The molecular weight excluding hydrogens is 348 g/mol. The van der Waals surface area contributed by atoms with Crippen LogP contribution in [-0.4, -0.2) is 21.1 Å². The van der Waals surface area contributed by atoms with E-state index in [1.54, 1.807) is 28.7 Å². The van der Waals surface area contributed by atoms with Gasteiger partial charge in [0, 0.05) is 0 Å². The monoisotopic (exact) mass is 366 g/mol. The Morgan fingerprint density at radius 1 is 1.23 bits per heavy atom.